The van der Waals surface area contributed by atoms with E-state index in [1.165, 1.54) is 0 Å². The molecule has 1 aromatic heterocycles. The monoisotopic (exact) mass is 285 g/mol. The Morgan fingerprint density at radius 3 is 2.52 bits per heavy atom. The molecule has 2 amide bonds. The topological polar surface area (TPSA) is 71.1 Å². The van der Waals surface area contributed by atoms with E-state index in [-0.39, 0.29) is 23.8 Å². The smallest absolute Gasteiger partial charge is 0.233 e. The van der Waals surface area contributed by atoms with Crippen LogP contribution in [0.2, 0.25) is 0 Å². The molecule has 0 radical (unpaired) electrons. The van der Waals surface area contributed by atoms with Crippen molar-refractivity contribution in [1.29, 1.82) is 0 Å². The van der Waals surface area contributed by atoms with Crippen molar-refractivity contribution in [3.63, 3.8) is 0 Å². The van der Waals surface area contributed by atoms with Gasteiger partial charge in [0.05, 0.1) is 11.2 Å². The van der Waals surface area contributed by atoms with Gasteiger partial charge in [-0.1, -0.05) is 18.2 Å². The third kappa shape index (κ3) is 4.27. The van der Waals surface area contributed by atoms with Crippen molar-refractivity contribution in [2.75, 3.05) is 5.32 Å². The van der Waals surface area contributed by atoms with E-state index in [1.54, 1.807) is 12.3 Å². The highest BCUT2D eigenvalue weighted by molar-refractivity contribution is 6.07. The Bertz CT molecular complexity index is 669. The molecule has 2 N–H and O–H groups in total. The number of aromatic nitrogens is 1. The molecule has 0 aliphatic carbocycles. The zero-order chi connectivity index (χ0) is 15.5. The van der Waals surface area contributed by atoms with E-state index in [0.717, 1.165) is 5.39 Å². The zero-order valence-corrected chi connectivity index (χ0v) is 12.4. The molecule has 0 saturated heterocycles. The van der Waals surface area contributed by atoms with E-state index < -0.39 is 0 Å². The molecule has 2 aromatic rings. The van der Waals surface area contributed by atoms with Crippen LogP contribution in [-0.2, 0) is 9.59 Å². The molecule has 0 fully saturated rings. The van der Waals surface area contributed by atoms with Crippen LogP contribution in [0.15, 0.2) is 36.5 Å². The lowest BCUT2D eigenvalue weighted by molar-refractivity contribution is -0.127. The Balaban J connectivity index is 2.07. The van der Waals surface area contributed by atoms with Crippen LogP contribution >= 0.6 is 0 Å². The minimum atomic E-state index is -0.352. The summed E-state index contributed by atoms with van der Waals surface area (Å²) in [6.45, 7) is 5.62. The standard InChI is InChI=1S/C16H19N3O2/c1-16(2,3)19-14(21)10-13(20)18-12-8-4-6-11-7-5-9-17-15(11)12/h4-9H,10H2,1-3H3,(H,18,20)(H,19,21). The first-order valence-electron chi connectivity index (χ1n) is 6.80. The predicted molar refractivity (Wildman–Crippen MR) is 82.9 cm³/mol. The summed E-state index contributed by atoms with van der Waals surface area (Å²) in [5.41, 5.74) is 0.976. The van der Waals surface area contributed by atoms with Gasteiger partial charge in [0.15, 0.2) is 0 Å². The average Bonchev–Trinajstić information content (AvgIpc) is 2.36. The Morgan fingerprint density at radius 2 is 1.81 bits per heavy atom. The molecular weight excluding hydrogens is 266 g/mol. The van der Waals surface area contributed by atoms with Crippen LogP contribution in [-0.4, -0.2) is 22.3 Å². The van der Waals surface area contributed by atoms with Gasteiger partial charge in [0.1, 0.15) is 6.42 Å². The number of carbonyl (C=O) groups excluding carboxylic acids is 2. The molecular formula is C16H19N3O2. The number of hydrogen-bond donors (Lipinski definition) is 2. The number of para-hydroxylation sites is 1. The van der Waals surface area contributed by atoms with E-state index in [0.29, 0.717) is 11.2 Å². The van der Waals surface area contributed by atoms with Gasteiger partial charge in [0.25, 0.3) is 0 Å². The first-order valence-corrected chi connectivity index (χ1v) is 6.80. The van der Waals surface area contributed by atoms with E-state index >= 15 is 0 Å². The highest BCUT2D eigenvalue weighted by Gasteiger charge is 2.17. The SMILES string of the molecule is CC(C)(C)NC(=O)CC(=O)Nc1cccc2cccnc12. The number of nitrogens with zero attached hydrogens (tertiary/aromatic N) is 1. The Kier molecular flexibility index (Phi) is 4.21. The molecule has 110 valence electrons. The van der Waals surface area contributed by atoms with Crippen molar-refractivity contribution in [3.05, 3.63) is 36.5 Å². The summed E-state index contributed by atoms with van der Waals surface area (Å²) in [6, 6.07) is 9.29. The first kappa shape index (κ1) is 15.0. The van der Waals surface area contributed by atoms with Crippen LogP contribution in [0, 0.1) is 0 Å². The fraction of sp³-hybridized carbons (Fsp3) is 0.312. The van der Waals surface area contributed by atoms with Gasteiger partial charge < -0.3 is 10.6 Å². The van der Waals surface area contributed by atoms with Crippen molar-refractivity contribution in [1.82, 2.24) is 10.3 Å². The number of anilines is 1. The number of pyridine rings is 1. The predicted octanol–water partition coefficient (Wildman–Crippen LogP) is 2.48. The van der Waals surface area contributed by atoms with Crippen molar-refractivity contribution >= 4 is 28.4 Å². The second-order valence-corrected chi connectivity index (χ2v) is 5.90. The summed E-state index contributed by atoms with van der Waals surface area (Å²) in [7, 11) is 0. The van der Waals surface area contributed by atoms with E-state index in [9.17, 15) is 9.59 Å². The van der Waals surface area contributed by atoms with Gasteiger partial charge in [-0.25, -0.2) is 0 Å². The van der Waals surface area contributed by atoms with E-state index in [2.05, 4.69) is 15.6 Å². The number of carbonyl (C=O) groups is 2. The van der Waals surface area contributed by atoms with Gasteiger partial charge in [0.2, 0.25) is 11.8 Å². The molecule has 5 nitrogen and oxygen atoms in total. The molecule has 2 rings (SSSR count). The second-order valence-electron chi connectivity index (χ2n) is 5.90. The van der Waals surface area contributed by atoms with Gasteiger partial charge >= 0.3 is 0 Å². The second kappa shape index (κ2) is 5.91. The fourth-order valence-electron chi connectivity index (χ4n) is 2.01. The van der Waals surface area contributed by atoms with E-state index in [1.807, 2.05) is 45.0 Å². The molecule has 0 spiro atoms. The maximum absolute atomic E-state index is 12.0. The molecule has 0 saturated carbocycles. The summed E-state index contributed by atoms with van der Waals surface area (Å²) in [5, 5.41) is 6.44. The van der Waals surface area contributed by atoms with Gasteiger partial charge in [-0.05, 0) is 32.9 Å². The molecule has 1 heterocycles. The maximum atomic E-state index is 12.0. The van der Waals surface area contributed by atoms with Crippen molar-refractivity contribution in [2.45, 2.75) is 32.7 Å². The van der Waals surface area contributed by atoms with E-state index in [4.69, 9.17) is 0 Å². The summed E-state index contributed by atoms with van der Waals surface area (Å²) < 4.78 is 0. The van der Waals surface area contributed by atoms with Gasteiger partial charge in [-0.15, -0.1) is 0 Å². The number of hydrogen-bond acceptors (Lipinski definition) is 3. The van der Waals surface area contributed by atoms with Crippen molar-refractivity contribution < 1.29 is 9.59 Å². The lowest BCUT2D eigenvalue weighted by Gasteiger charge is -2.20. The molecule has 0 aliphatic heterocycles. The molecule has 21 heavy (non-hydrogen) atoms. The number of benzene rings is 1. The third-order valence-corrected chi connectivity index (χ3v) is 2.74. The molecule has 0 unspecified atom stereocenters. The fourth-order valence-corrected chi connectivity index (χ4v) is 2.01. The third-order valence-electron chi connectivity index (χ3n) is 2.74. The Hall–Kier alpha value is -2.43. The minimum absolute atomic E-state index is 0.208. The summed E-state index contributed by atoms with van der Waals surface area (Å²) in [5.74, 6) is -0.650. The summed E-state index contributed by atoms with van der Waals surface area (Å²) in [4.78, 5) is 27.9. The Morgan fingerprint density at radius 1 is 1.10 bits per heavy atom. The largest absolute Gasteiger partial charge is 0.351 e. The minimum Gasteiger partial charge on any atom is -0.351 e. The maximum Gasteiger partial charge on any atom is 0.233 e. The van der Waals surface area contributed by atoms with Gasteiger partial charge in [-0.3, -0.25) is 14.6 Å². The highest BCUT2D eigenvalue weighted by atomic mass is 16.2. The number of nitrogens with one attached hydrogen (secondary N) is 2. The quantitative estimate of drug-likeness (QED) is 0.851. The normalized spacial score (nSPS) is 11.2. The molecule has 0 bridgehead atoms. The lowest BCUT2D eigenvalue weighted by Crippen LogP contribution is -2.41. The van der Waals surface area contributed by atoms with Crippen molar-refractivity contribution in [2.24, 2.45) is 0 Å². The summed E-state index contributed by atoms with van der Waals surface area (Å²) in [6.07, 6.45) is 1.46. The van der Waals surface area contributed by atoms with Crippen LogP contribution in [0.1, 0.15) is 27.2 Å². The zero-order valence-electron chi connectivity index (χ0n) is 12.4. The van der Waals surface area contributed by atoms with Crippen LogP contribution < -0.4 is 10.6 Å². The summed E-state index contributed by atoms with van der Waals surface area (Å²) >= 11 is 0. The molecule has 0 atom stereocenters. The van der Waals surface area contributed by atoms with Gasteiger partial charge in [0, 0.05) is 17.1 Å². The lowest BCUT2D eigenvalue weighted by atomic mass is 10.1. The van der Waals surface area contributed by atoms with Crippen molar-refractivity contribution in [3.8, 4) is 0 Å². The number of fused-ring (bicyclic) bond motifs is 1. The average molecular weight is 285 g/mol. The first-order chi connectivity index (χ1) is 9.85. The van der Waals surface area contributed by atoms with Crippen LogP contribution in [0.4, 0.5) is 5.69 Å². The molecule has 5 heteroatoms. The van der Waals surface area contributed by atoms with Crippen LogP contribution in [0.5, 0.6) is 0 Å². The number of amides is 2. The highest BCUT2D eigenvalue weighted by Crippen LogP contribution is 2.20. The Labute approximate surface area is 123 Å². The van der Waals surface area contributed by atoms with Crippen LogP contribution in [0.25, 0.3) is 10.9 Å². The number of rotatable bonds is 3. The molecule has 0 aliphatic rings. The molecule has 1 aromatic carbocycles. The van der Waals surface area contributed by atoms with Gasteiger partial charge in [-0.2, -0.15) is 0 Å². The van der Waals surface area contributed by atoms with Crippen LogP contribution in [0.3, 0.4) is 0 Å².